The van der Waals surface area contributed by atoms with E-state index in [-0.39, 0.29) is 24.2 Å². The lowest BCUT2D eigenvalue weighted by Gasteiger charge is -2.13. The van der Waals surface area contributed by atoms with Crippen LogP contribution < -0.4 is 15.4 Å². The second-order valence-corrected chi connectivity index (χ2v) is 7.03. The zero-order valence-corrected chi connectivity index (χ0v) is 16.7. The number of hydrogen-bond donors (Lipinski definition) is 2. The van der Waals surface area contributed by atoms with Crippen LogP contribution in [0.1, 0.15) is 41.4 Å². The number of rotatable bonds is 7. The number of carbonyl (C=O) groups is 2. The van der Waals surface area contributed by atoms with Crippen LogP contribution in [0.25, 0.3) is 0 Å². The van der Waals surface area contributed by atoms with Gasteiger partial charge in [-0.15, -0.1) is 0 Å². The molecule has 0 saturated carbocycles. The van der Waals surface area contributed by atoms with E-state index in [0.29, 0.717) is 23.0 Å². The van der Waals surface area contributed by atoms with Crippen molar-refractivity contribution >= 4 is 23.2 Å². The maximum absolute atomic E-state index is 12.2. The summed E-state index contributed by atoms with van der Waals surface area (Å²) in [5.41, 5.74) is 3.36. The Kier molecular flexibility index (Phi) is 6.34. The monoisotopic (exact) mass is 392 g/mol. The summed E-state index contributed by atoms with van der Waals surface area (Å²) in [4.78, 5) is 24.2. The van der Waals surface area contributed by atoms with E-state index in [2.05, 4.69) is 30.5 Å². The van der Waals surface area contributed by atoms with Crippen molar-refractivity contribution in [2.75, 3.05) is 17.2 Å². The van der Waals surface area contributed by atoms with E-state index in [1.54, 1.807) is 36.4 Å². The van der Waals surface area contributed by atoms with Crippen molar-refractivity contribution in [2.24, 2.45) is 0 Å². The van der Waals surface area contributed by atoms with E-state index in [1.165, 1.54) is 6.26 Å². The summed E-state index contributed by atoms with van der Waals surface area (Å²) in [6.07, 6.45) is 1.44. The molecule has 2 N–H and O–H groups in total. The second kappa shape index (κ2) is 9.10. The summed E-state index contributed by atoms with van der Waals surface area (Å²) >= 11 is 0. The van der Waals surface area contributed by atoms with Gasteiger partial charge in [0.05, 0.1) is 6.26 Å². The highest BCUT2D eigenvalue weighted by molar-refractivity contribution is 6.02. The van der Waals surface area contributed by atoms with Crippen LogP contribution in [0.15, 0.2) is 65.3 Å². The number of amides is 2. The summed E-state index contributed by atoms with van der Waals surface area (Å²) < 4.78 is 10.8. The SMILES string of the molecule is Cc1ccc(C(C)C)cc1OCC(=O)Nc1ccc(NC(=O)c2ccco2)cc1. The molecule has 150 valence electrons. The minimum absolute atomic E-state index is 0.0840. The Morgan fingerprint density at radius 3 is 2.31 bits per heavy atom. The molecular formula is C23H24N2O4. The zero-order valence-electron chi connectivity index (χ0n) is 16.7. The number of aryl methyl sites for hydroxylation is 1. The van der Waals surface area contributed by atoms with E-state index >= 15 is 0 Å². The molecule has 1 heterocycles. The zero-order chi connectivity index (χ0) is 20.8. The topological polar surface area (TPSA) is 80.6 Å². The van der Waals surface area contributed by atoms with Crippen molar-refractivity contribution in [3.8, 4) is 5.75 Å². The van der Waals surface area contributed by atoms with Crippen LogP contribution in [0, 0.1) is 6.92 Å². The molecule has 0 fully saturated rings. The summed E-state index contributed by atoms with van der Waals surface area (Å²) in [7, 11) is 0. The molecule has 0 radical (unpaired) electrons. The first-order valence-electron chi connectivity index (χ1n) is 9.40. The molecular weight excluding hydrogens is 368 g/mol. The van der Waals surface area contributed by atoms with Crippen LogP contribution in [0.5, 0.6) is 5.75 Å². The minimum Gasteiger partial charge on any atom is -0.483 e. The number of ether oxygens (including phenoxy) is 1. The third kappa shape index (κ3) is 5.48. The van der Waals surface area contributed by atoms with Crippen LogP contribution in [0.2, 0.25) is 0 Å². The predicted molar refractivity (Wildman–Crippen MR) is 112 cm³/mol. The van der Waals surface area contributed by atoms with Gasteiger partial charge in [0.1, 0.15) is 5.75 Å². The second-order valence-electron chi connectivity index (χ2n) is 7.03. The fourth-order valence-electron chi connectivity index (χ4n) is 2.71. The Hall–Kier alpha value is -3.54. The third-order valence-electron chi connectivity index (χ3n) is 4.41. The van der Waals surface area contributed by atoms with Crippen molar-refractivity contribution in [3.63, 3.8) is 0 Å². The van der Waals surface area contributed by atoms with Gasteiger partial charge in [0.15, 0.2) is 12.4 Å². The maximum Gasteiger partial charge on any atom is 0.291 e. The summed E-state index contributed by atoms with van der Waals surface area (Å²) in [5.74, 6) is 0.739. The van der Waals surface area contributed by atoms with E-state index in [4.69, 9.17) is 9.15 Å². The minimum atomic E-state index is -0.334. The normalized spacial score (nSPS) is 10.6. The number of furan rings is 1. The number of anilines is 2. The van der Waals surface area contributed by atoms with Crippen molar-refractivity contribution in [2.45, 2.75) is 26.7 Å². The first-order chi connectivity index (χ1) is 13.9. The van der Waals surface area contributed by atoms with Crippen molar-refractivity contribution in [1.29, 1.82) is 0 Å². The van der Waals surface area contributed by atoms with E-state index in [1.807, 2.05) is 19.1 Å². The fourth-order valence-corrected chi connectivity index (χ4v) is 2.71. The van der Waals surface area contributed by atoms with E-state index in [0.717, 1.165) is 11.1 Å². The molecule has 29 heavy (non-hydrogen) atoms. The van der Waals surface area contributed by atoms with Gasteiger partial charge in [-0.05, 0) is 66.4 Å². The molecule has 6 nitrogen and oxygen atoms in total. The average molecular weight is 392 g/mol. The summed E-state index contributed by atoms with van der Waals surface area (Å²) in [6, 6.07) is 16.1. The number of nitrogens with one attached hydrogen (secondary N) is 2. The van der Waals surface area contributed by atoms with Gasteiger partial charge in [0, 0.05) is 11.4 Å². The fraction of sp³-hybridized carbons (Fsp3) is 0.217. The standard InChI is InChI=1S/C23H24N2O4/c1-15(2)17-7-6-16(3)21(13-17)29-14-22(26)24-18-8-10-19(11-9-18)25-23(27)20-5-4-12-28-20/h4-13,15H,14H2,1-3H3,(H,24,26)(H,25,27). The van der Waals surface area contributed by atoms with Gasteiger partial charge in [-0.2, -0.15) is 0 Å². The average Bonchev–Trinajstić information content (AvgIpc) is 3.23. The molecule has 0 unspecified atom stereocenters. The Morgan fingerprint density at radius 1 is 1.00 bits per heavy atom. The van der Waals surface area contributed by atoms with Gasteiger partial charge < -0.3 is 19.8 Å². The van der Waals surface area contributed by atoms with Crippen LogP contribution in [-0.4, -0.2) is 18.4 Å². The predicted octanol–water partition coefficient (Wildman–Crippen LogP) is 4.98. The first kappa shape index (κ1) is 20.2. The molecule has 0 atom stereocenters. The van der Waals surface area contributed by atoms with Crippen LogP contribution in [0.4, 0.5) is 11.4 Å². The molecule has 3 rings (SSSR count). The lowest BCUT2D eigenvalue weighted by molar-refractivity contribution is -0.118. The largest absolute Gasteiger partial charge is 0.483 e. The number of carbonyl (C=O) groups excluding carboxylic acids is 2. The maximum atomic E-state index is 12.2. The Bertz CT molecular complexity index is 977. The molecule has 6 heteroatoms. The third-order valence-corrected chi connectivity index (χ3v) is 4.41. The van der Waals surface area contributed by atoms with Gasteiger partial charge in [-0.3, -0.25) is 9.59 Å². The van der Waals surface area contributed by atoms with Crippen LogP contribution in [0.3, 0.4) is 0 Å². The van der Waals surface area contributed by atoms with Crippen molar-refractivity contribution < 1.29 is 18.7 Å². The van der Waals surface area contributed by atoms with Gasteiger partial charge in [0.25, 0.3) is 11.8 Å². The molecule has 1 aromatic heterocycles. The molecule has 2 amide bonds. The van der Waals surface area contributed by atoms with Crippen LogP contribution >= 0.6 is 0 Å². The lowest BCUT2D eigenvalue weighted by Crippen LogP contribution is -2.20. The molecule has 0 saturated heterocycles. The van der Waals surface area contributed by atoms with Gasteiger partial charge in [-0.25, -0.2) is 0 Å². The molecule has 0 bridgehead atoms. The van der Waals surface area contributed by atoms with E-state index < -0.39 is 0 Å². The highest BCUT2D eigenvalue weighted by atomic mass is 16.5. The smallest absolute Gasteiger partial charge is 0.291 e. The van der Waals surface area contributed by atoms with Gasteiger partial charge in [-0.1, -0.05) is 26.0 Å². The number of benzene rings is 2. The highest BCUT2D eigenvalue weighted by Gasteiger charge is 2.10. The number of hydrogen-bond acceptors (Lipinski definition) is 4. The molecule has 3 aromatic rings. The highest BCUT2D eigenvalue weighted by Crippen LogP contribution is 2.24. The van der Waals surface area contributed by atoms with Crippen LogP contribution in [-0.2, 0) is 4.79 Å². The van der Waals surface area contributed by atoms with Crippen molar-refractivity contribution in [1.82, 2.24) is 0 Å². The quantitative estimate of drug-likeness (QED) is 0.594. The Labute approximate surface area is 169 Å². The molecule has 2 aromatic carbocycles. The van der Waals surface area contributed by atoms with E-state index in [9.17, 15) is 9.59 Å². The molecule has 0 aliphatic rings. The molecule has 0 aliphatic carbocycles. The van der Waals surface area contributed by atoms with Gasteiger partial charge in [0.2, 0.25) is 0 Å². The van der Waals surface area contributed by atoms with Crippen molar-refractivity contribution in [3.05, 3.63) is 77.7 Å². The Morgan fingerprint density at radius 2 is 1.69 bits per heavy atom. The lowest BCUT2D eigenvalue weighted by atomic mass is 10.0. The Balaban J connectivity index is 1.53. The molecule has 0 aliphatic heterocycles. The first-order valence-corrected chi connectivity index (χ1v) is 9.40. The summed E-state index contributed by atoms with van der Waals surface area (Å²) in [6.45, 7) is 6.09. The molecule has 0 spiro atoms. The summed E-state index contributed by atoms with van der Waals surface area (Å²) in [5, 5.41) is 5.50. The van der Waals surface area contributed by atoms with Gasteiger partial charge >= 0.3 is 0 Å².